The maximum Gasteiger partial charge on any atom is 0.512 e. The Morgan fingerprint density at radius 2 is 1.76 bits per heavy atom. The van der Waals surface area contributed by atoms with E-state index in [9.17, 15) is 23.1 Å². The zero-order chi connectivity index (χ0) is 26.9. The number of H-pyrrole nitrogens is 1. The molecule has 5 aromatic rings. The molecular formula is C28H20ClF3N2O4. The van der Waals surface area contributed by atoms with Gasteiger partial charge in [0.15, 0.2) is 0 Å². The van der Waals surface area contributed by atoms with E-state index in [1.54, 1.807) is 18.2 Å². The third-order valence-electron chi connectivity index (χ3n) is 6.09. The van der Waals surface area contributed by atoms with Gasteiger partial charge in [-0.3, -0.25) is 4.98 Å². The average molecular weight is 541 g/mol. The number of aryl methyl sites for hydroxylation is 1. The van der Waals surface area contributed by atoms with Crippen molar-refractivity contribution in [1.29, 1.82) is 0 Å². The van der Waals surface area contributed by atoms with Gasteiger partial charge in [0.2, 0.25) is 5.88 Å². The van der Waals surface area contributed by atoms with Crippen LogP contribution in [-0.2, 0) is 12.6 Å². The number of pyridine rings is 1. The second kappa shape index (κ2) is 10.3. The summed E-state index contributed by atoms with van der Waals surface area (Å²) in [5.74, 6) is 0.766. The number of fused-ring (bicyclic) bond motifs is 2. The molecule has 0 aliphatic carbocycles. The molecule has 0 spiro atoms. The number of para-hydroxylation sites is 1. The number of aromatic amines is 1. The van der Waals surface area contributed by atoms with Crippen LogP contribution < -0.4 is 9.47 Å². The van der Waals surface area contributed by atoms with Crippen LogP contribution in [0.5, 0.6) is 11.6 Å². The Hall–Kier alpha value is -4.24. The van der Waals surface area contributed by atoms with Crippen LogP contribution >= 0.6 is 11.6 Å². The first-order chi connectivity index (χ1) is 18.2. The van der Waals surface area contributed by atoms with Crippen molar-refractivity contribution in [3.8, 4) is 22.9 Å². The lowest BCUT2D eigenvalue weighted by atomic mass is 10.0. The third-order valence-corrected chi connectivity index (χ3v) is 6.38. The fourth-order valence-electron chi connectivity index (χ4n) is 4.41. The molecule has 0 atom stereocenters. The lowest BCUT2D eigenvalue weighted by Gasteiger charge is -2.10. The lowest BCUT2D eigenvalue weighted by molar-refractivity contribution is -0.137. The fraction of sp³-hybridized carbons (Fsp3) is 0.143. The summed E-state index contributed by atoms with van der Waals surface area (Å²) in [6, 6.07) is 19.6. The molecule has 0 fully saturated rings. The molecule has 0 amide bonds. The van der Waals surface area contributed by atoms with Crippen molar-refractivity contribution < 1.29 is 32.5 Å². The molecular weight excluding hydrogens is 521 g/mol. The van der Waals surface area contributed by atoms with E-state index < -0.39 is 17.9 Å². The number of rotatable bonds is 7. The van der Waals surface area contributed by atoms with E-state index in [0.717, 1.165) is 22.6 Å². The minimum atomic E-state index is -4.59. The number of carboxylic acid groups (broad SMARTS) is 1. The molecule has 5 rings (SSSR count). The highest BCUT2D eigenvalue weighted by molar-refractivity contribution is 6.33. The van der Waals surface area contributed by atoms with Crippen LogP contribution in [0.15, 0.2) is 72.9 Å². The molecule has 38 heavy (non-hydrogen) atoms. The Morgan fingerprint density at radius 3 is 2.53 bits per heavy atom. The molecule has 0 saturated heterocycles. The van der Waals surface area contributed by atoms with Gasteiger partial charge in [-0.1, -0.05) is 66.2 Å². The van der Waals surface area contributed by atoms with Gasteiger partial charge < -0.3 is 19.6 Å². The van der Waals surface area contributed by atoms with E-state index in [1.165, 1.54) is 0 Å². The van der Waals surface area contributed by atoms with Gasteiger partial charge in [-0.2, -0.15) is 13.2 Å². The molecule has 0 radical (unpaired) electrons. The number of hydrogen-bond acceptors (Lipinski definition) is 4. The highest BCUT2D eigenvalue weighted by Crippen LogP contribution is 2.39. The summed E-state index contributed by atoms with van der Waals surface area (Å²) in [5, 5.41) is 11.8. The number of ether oxygens (including phenoxy) is 2. The summed E-state index contributed by atoms with van der Waals surface area (Å²) in [5.41, 5.74) is 0.609. The predicted octanol–water partition coefficient (Wildman–Crippen LogP) is 8.12. The molecule has 2 N–H and O–H groups in total. The molecule has 6 nitrogen and oxygen atoms in total. The zero-order valence-corrected chi connectivity index (χ0v) is 20.4. The molecule has 194 valence electrons. The maximum absolute atomic E-state index is 13.1. The highest BCUT2D eigenvalue weighted by Gasteiger charge is 2.32. The van der Waals surface area contributed by atoms with Gasteiger partial charge in [-0.15, -0.1) is 0 Å². The lowest BCUT2D eigenvalue weighted by Crippen LogP contribution is -2.06. The Balaban J connectivity index is 1.44. The Kier molecular flexibility index (Phi) is 6.86. The van der Waals surface area contributed by atoms with Crippen molar-refractivity contribution in [3.05, 3.63) is 89.1 Å². The quantitative estimate of drug-likeness (QED) is 0.161. The van der Waals surface area contributed by atoms with Crippen LogP contribution in [0, 0.1) is 0 Å². The standard InChI is InChI=1S/C28H20ClF3N2O4/c29-22-14-17(28(30,31)32)15-33-25(22)21-10-4-9-19-20(26(34-24(19)21)38-27(35)36)11-5-13-37-23-12-3-7-16-6-1-2-8-18(16)23/h1-4,6-10,12,14-15,34H,5,11,13H2,(H,35,36). The molecule has 0 saturated carbocycles. The number of hydrogen-bond donors (Lipinski definition) is 2. The fourth-order valence-corrected chi connectivity index (χ4v) is 4.68. The zero-order valence-electron chi connectivity index (χ0n) is 19.7. The second-order valence-corrected chi connectivity index (χ2v) is 8.92. The van der Waals surface area contributed by atoms with Crippen LogP contribution in [-0.4, -0.2) is 27.8 Å². The molecule has 3 aromatic carbocycles. The number of benzene rings is 3. The van der Waals surface area contributed by atoms with Gasteiger partial charge in [0.05, 0.1) is 28.4 Å². The normalized spacial score (nSPS) is 11.7. The first kappa shape index (κ1) is 25.4. The Bertz CT molecular complexity index is 1640. The minimum Gasteiger partial charge on any atom is -0.493 e. The number of aromatic nitrogens is 2. The van der Waals surface area contributed by atoms with Crippen molar-refractivity contribution in [2.45, 2.75) is 19.0 Å². The van der Waals surface area contributed by atoms with Gasteiger partial charge in [0.1, 0.15) is 5.75 Å². The molecule has 2 aromatic heterocycles. The molecule has 0 bridgehead atoms. The number of alkyl halides is 3. The monoisotopic (exact) mass is 540 g/mol. The Labute approximate surface area is 219 Å². The van der Waals surface area contributed by atoms with E-state index in [1.807, 2.05) is 42.5 Å². The molecule has 0 aliphatic rings. The minimum absolute atomic E-state index is 0.0214. The van der Waals surface area contributed by atoms with Gasteiger partial charge in [-0.25, -0.2) is 4.79 Å². The number of nitrogens with zero attached hydrogens (tertiary/aromatic N) is 1. The summed E-state index contributed by atoms with van der Waals surface area (Å²) in [7, 11) is 0. The largest absolute Gasteiger partial charge is 0.512 e. The van der Waals surface area contributed by atoms with Crippen LogP contribution in [0.1, 0.15) is 17.5 Å². The summed E-state index contributed by atoms with van der Waals surface area (Å²) in [6.07, 6.45) is -4.43. The first-order valence-electron chi connectivity index (χ1n) is 11.6. The third kappa shape index (κ3) is 5.10. The SMILES string of the molecule is O=C(O)Oc1[nH]c2c(-c3ncc(C(F)(F)F)cc3Cl)cccc2c1CCCOc1cccc2ccccc12. The van der Waals surface area contributed by atoms with Crippen molar-refractivity contribution in [3.63, 3.8) is 0 Å². The smallest absolute Gasteiger partial charge is 0.493 e. The van der Waals surface area contributed by atoms with E-state index >= 15 is 0 Å². The van der Waals surface area contributed by atoms with Crippen molar-refractivity contribution in [1.82, 2.24) is 9.97 Å². The summed E-state index contributed by atoms with van der Waals surface area (Å²) < 4.78 is 50.3. The second-order valence-electron chi connectivity index (χ2n) is 8.51. The maximum atomic E-state index is 13.1. The van der Waals surface area contributed by atoms with Crippen LogP contribution in [0.4, 0.5) is 18.0 Å². The predicted molar refractivity (Wildman–Crippen MR) is 138 cm³/mol. The van der Waals surface area contributed by atoms with E-state index in [2.05, 4.69) is 9.97 Å². The summed E-state index contributed by atoms with van der Waals surface area (Å²) >= 11 is 6.19. The topological polar surface area (TPSA) is 84.4 Å². The number of halogens is 4. The molecule has 10 heteroatoms. The highest BCUT2D eigenvalue weighted by atomic mass is 35.5. The first-order valence-corrected chi connectivity index (χ1v) is 12.0. The number of carbonyl (C=O) groups is 1. The van der Waals surface area contributed by atoms with Gasteiger partial charge in [0, 0.05) is 28.1 Å². The summed E-state index contributed by atoms with van der Waals surface area (Å²) in [6.45, 7) is 0.360. The Morgan fingerprint density at radius 1 is 1.03 bits per heavy atom. The molecule has 0 unspecified atom stereocenters. The van der Waals surface area contributed by atoms with Gasteiger partial charge >= 0.3 is 12.3 Å². The van der Waals surface area contributed by atoms with Gasteiger partial charge in [-0.05, 0) is 30.4 Å². The average Bonchev–Trinajstić information content (AvgIpc) is 3.22. The summed E-state index contributed by atoms with van der Waals surface area (Å²) in [4.78, 5) is 18.3. The van der Waals surface area contributed by atoms with Gasteiger partial charge in [0.25, 0.3) is 0 Å². The van der Waals surface area contributed by atoms with E-state index in [4.69, 9.17) is 21.1 Å². The van der Waals surface area contributed by atoms with E-state index in [-0.39, 0.29) is 16.6 Å². The van der Waals surface area contributed by atoms with Crippen molar-refractivity contribution >= 4 is 39.4 Å². The van der Waals surface area contributed by atoms with Crippen LogP contribution in [0.25, 0.3) is 32.9 Å². The van der Waals surface area contributed by atoms with Crippen LogP contribution in [0.3, 0.4) is 0 Å². The number of nitrogens with one attached hydrogen (secondary N) is 1. The molecule has 0 aliphatic heterocycles. The van der Waals surface area contributed by atoms with Crippen molar-refractivity contribution in [2.75, 3.05) is 6.61 Å². The van der Waals surface area contributed by atoms with Crippen molar-refractivity contribution in [2.24, 2.45) is 0 Å². The van der Waals surface area contributed by atoms with Crippen LogP contribution in [0.2, 0.25) is 5.02 Å². The van der Waals surface area contributed by atoms with E-state index in [0.29, 0.717) is 47.7 Å². The molecule has 2 heterocycles.